The van der Waals surface area contributed by atoms with E-state index in [-0.39, 0.29) is 23.7 Å². The summed E-state index contributed by atoms with van der Waals surface area (Å²) >= 11 is 0. The van der Waals surface area contributed by atoms with Crippen LogP contribution in [0.15, 0.2) is 67.1 Å². The number of imidazole rings is 1. The molecule has 7 nitrogen and oxygen atoms in total. The third kappa shape index (κ3) is 5.71. The van der Waals surface area contributed by atoms with E-state index >= 15 is 0 Å². The van der Waals surface area contributed by atoms with Gasteiger partial charge in [-0.05, 0) is 75.2 Å². The van der Waals surface area contributed by atoms with Gasteiger partial charge in [0.1, 0.15) is 5.82 Å². The van der Waals surface area contributed by atoms with Crippen molar-refractivity contribution in [2.75, 3.05) is 11.9 Å². The first kappa shape index (κ1) is 24.9. The van der Waals surface area contributed by atoms with E-state index in [0.717, 1.165) is 22.5 Å². The third-order valence-electron chi connectivity index (χ3n) is 5.80. The predicted octanol–water partition coefficient (Wildman–Crippen LogP) is 6.01. The molecular formula is C28H29FN4O3. The van der Waals surface area contributed by atoms with Crippen LogP contribution < -0.4 is 5.32 Å². The van der Waals surface area contributed by atoms with Crippen molar-refractivity contribution in [1.29, 1.82) is 0 Å². The van der Waals surface area contributed by atoms with Crippen LogP contribution in [-0.2, 0) is 16.0 Å². The van der Waals surface area contributed by atoms with Gasteiger partial charge < -0.3 is 19.6 Å². The molecule has 0 unspecified atom stereocenters. The van der Waals surface area contributed by atoms with Gasteiger partial charge in [0.25, 0.3) is 5.91 Å². The van der Waals surface area contributed by atoms with Crippen LogP contribution in [0.25, 0.3) is 22.6 Å². The van der Waals surface area contributed by atoms with Crippen LogP contribution in [0.2, 0.25) is 0 Å². The second-order valence-electron chi connectivity index (χ2n) is 8.71. The van der Waals surface area contributed by atoms with Crippen LogP contribution in [0.3, 0.4) is 0 Å². The molecule has 0 spiro atoms. The van der Waals surface area contributed by atoms with Crippen molar-refractivity contribution in [3.8, 4) is 22.6 Å². The number of aryl methyl sites for hydroxylation is 1. The van der Waals surface area contributed by atoms with Gasteiger partial charge in [0, 0.05) is 29.9 Å². The molecule has 186 valence electrons. The second kappa shape index (κ2) is 11.0. The molecule has 0 fully saturated rings. The largest absolute Gasteiger partial charge is 0.466 e. The zero-order valence-electron chi connectivity index (χ0n) is 20.5. The van der Waals surface area contributed by atoms with Crippen molar-refractivity contribution < 1.29 is 18.7 Å². The Morgan fingerprint density at radius 1 is 1.11 bits per heavy atom. The first-order valence-corrected chi connectivity index (χ1v) is 11.9. The van der Waals surface area contributed by atoms with E-state index in [2.05, 4.69) is 15.3 Å². The summed E-state index contributed by atoms with van der Waals surface area (Å²) in [5.74, 6) is -0.787. The minimum Gasteiger partial charge on any atom is -0.466 e. The minimum atomic E-state index is -0.311. The standard InChI is InChI=1S/C28H29FN4O3/c1-4-36-25(34)14-7-19-5-12-23(13-6-19)32-28(35)21-15-24(30-16-21)27-26(31-17-33(27)18(2)3)20-8-10-22(29)11-9-20/h5-6,8-13,15-18,30H,4,7,14H2,1-3H3,(H,32,35). The summed E-state index contributed by atoms with van der Waals surface area (Å²) in [6.45, 7) is 6.25. The highest BCUT2D eigenvalue weighted by Gasteiger charge is 2.20. The van der Waals surface area contributed by atoms with Crippen molar-refractivity contribution >= 4 is 17.6 Å². The number of amides is 1. The number of hydrogen-bond acceptors (Lipinski definition) is 4. The van der Waals surface area contributed by atoms with Crippen molar-refractivity contribution in [3.63, 3.8) is 0 Å². The number of carbonyl (C=O) groups excluding carboxylic acids is 2. The van der Waals surface area contributed by atoms with Gasteiger partial charge in [-0.25, -0.2) is 9.37 Å². The number of hydrogen-bond donors (Lipinski definition) is 2. The van der Waals surface area contributed by atoms with Gasteiger partial charge in [-0.15, -0.1) is 0 Å². The van der Waals surface area contributed by atoms with E-state index in [4.69, 9.17) is 4.74 Å². The van der Waals surface area contributed by atoms with Gasteiger partial charge in [-0.2, -0.15) is 0 Å². The van der Waals surface area contributed by atoms with Crippen molar-refractivity contribution in [3.05, 3.63) is 84.1 Å². The van der Waals surface area contributed by atoms with Crippen LogP contribution in [0.1, 0.15) is 49.2 Å². The van der Waals surface area contributed by atoms with Crippen molar-refractivity contribution in [1.82, 2.24) is 14.5 Å². The van der Waals surface area contributed by atoms with E-state index in [9.17, 15) is 14.0 Å². The number of nitrogens with zero attached hydrogens (tertiary/aromatic N) is 2. The Bertz CT molecular complexity index is 1340. The molecule has 0 bridgehead atoms. The summed E-state index contributed by atoms with van der Waals surface area (Å²) in [6.07, 6.45) is 4.31. The highest BCUT2D eigenvalue weighted by molar-refractivity contribution is 6.05. The van der Waals surface area contributed by atoms with E-state index in [1.165, 1.54) is 12.1 Å². The van der Waals surface area contributed by atoms with Crippen molar-refractivity contribution in [2.45, 2.75) is 39.7 Å². The first-order chi connectivity index (χ1) is 17.4. The number of benzene rings is 2. The van der Waals surface area contributed by atoms with Crippen LogP contribution in [-0.4, -0.2) is 33.0 Å². The molecule has 2 aromatic heterocycles. The molecule has 2 aromatic carbocycles. The van der Waals surface area contributed by atoms with E-state index in [0.29, 0.717) is 36.4 Å². The Morgan fingerprint density at radius 2 is 1.83 bits per heavy atom. The molecule has 1 amide bonds. The third-order valence-corrected chi connectivity index (χ3v) is 5.80. The second-order valence-corrected chi connectivity index (χ2v) is 8.71. The Morgan fingerprint density at radius 3 is 2.50 bits per heavy atom. The fraction of sp³-hybridized carbons (Fsp3) is 0.250. The lowest BCUT2D eigenvalue weighted by molar-refractivity contribution is -0.143. The smallest absolute Gasteiger partial charge is 0.306 e. The van der Waals surface area contributed by atoms with Crippen LogP contribution >= 0.6 is 0 Å². The quantitative estimate of drug-likeness (QED) is 0.282. The molecular weight excluding hydrogens is 459 g/mol. The fourth-order valence-corrected chi connectivity index (χ4v) is 3.94. The van der Waals surface area contributed by atoms with E-state index in [1.807, 2.05) is 42.7 Å². The summed E-state index contributed by atoms with van der Waals surface area (Å²) in [6, 6.07) is 15.5. The van der Waals surface area contributed by atoms with E-state index in [1.54, 1.807) is 37.6 Å². The molecule has 0 atom stereocenters. The number of nitrogens with one attached hydrogen (secondary N) is 2. The molecule has 36 heavy (non-hydrogen) atoms. The topological polar surface area (TPSA) is 89.0 Å². The zero-order chi connectivity index (χ0) is 25.7. The molecule has 0 aliphatic rings. The maximum absolute atomic E-state index is 13.5. The number of esters is 1. The number of halogens is 1. The highest BCUT2D eigenvalue weighted by Crippen LogP contribution is 2.33. The number of ether oxygens (including phenoxy) is 1. The molecule has 4 aromatic rings. The Hall–Kier alpha value is -4.20. The minimum absolute atomic E-state index is 0.129. The van der Waals surface area contributed by atoms with Crippen LogP contribution in [0, 0.1) is 5.82 Å². The highest BCUT2D eigenvalue weighted by atomic mass is 19.1. The summed E-state index contributed by atoms with van der Waals surface area (Å²) in [7, 11) is 0. The Labute approximate surface area is 209 Å². The fourth-order valence-electron chi connectivity index (χ4n) is 3.94. The maximum Gasteiger partial charge on any atom is 0.306 e. The summed E-state index contributed by atoms with van der Waals surface area (Å²) in [5, 5.41) is 2.90. The van der Waals surface area contributed by atoms with Gasteiger partial charge in [0.15, 0.2) is 0 Å². The summed E-state index contributed by atoms with van der Waals surface area (Å²) < 4.78 is 20.4. The lowest BCUT2D eigenvalue weighted by Gasteiger charge is -2.12. The Kier molecular flexibility index (Phi) is 7.63. The molecule has 0 saturated carbocycles. The lowest BCUT2D eigenvalue weighted by atomic mass is 10.1. The van der Waals surface area contributed by atoms with Crippen LogP contribution in [0.4, 0.5) is 10.1 Å². The van der Waals surface area contributed by atoms with Gasteiger partial charge in [0.2, 0.25) is 0 Å². The van der Waals surface area contributed by atoms with Crippen LogP contribution in [0.5, 0.6) is 0 Å². The number of H-pyrrole nitrogens is 1. The molecule has 0 aliphatic carbocycles. The molecule has 2 N–H and O–H groups in total. The summed E-state index contributed by atoms with van der Waals surface area (Å²) in [5.41, 5.74) is 5.16. The van der Waals surface area contributed by atoms with Gasteiger partial charge in [-0.3, -0.25) is 9.59 Å². The SMILES string of the molecule is CCOC(=O)CCc1ccc(NC(=O)c2c[nH]c(-c3c(-c4ccc(F)cc4)ncn3C(C)C)c2)cc1. The van der Waals surface area contributed by atoms with Gasteiger partial charge in [0.05, 0.1) is 35.6 Å². The van der Waals surface area contributed by atoms with E-state index < -0.39 is 0 Å². The normalized spacial score (nSPS) is 11.0. The van der Waals surface area contributed by atoms with Gasteiger partial charge >= 0.3 is 5.97 Å². The van der Waals surface area contributed by atoms with Crippen molar-refractivity contribution in [2.24, 2.45) is 0 Å². The Balaban J connectivity index is 1.50. The zero-order valence-corrected chi connectivity index (χ0v) is 20.5. The molecule has 0 aliphatic heterocycles. The number of anilines is 1. The predicted molar refractivity (Wildman–Crippen MR) is 137 cm³/mol. The number of carbonyl (C=O) groups is 2. The average Bonchev–Trinajstić information content (AvgIpc) is 3.52. The lowest BCUT2D eigenvalue weighted by Crippen LogP contribution is -2.11. The molecule has 0 saturated heterocycles. The molecule has 4 rings (SSSR count). The molecule has 2 heterocycles. The van der Waals surface area contributed by atoms with Gasteiger partial charge in [-0.1, -0.05) is 12.1 Å². The summed E-state index contributed by atoms with van der Waals surface area (Å²) in [4.78, 5) is 32.2. The number of aromatic amines is 1. The first-order valence-electron chi connectivity index (χ1n) is 11.9. The average molecular weight is 489 g/mol. The molecule has 8 heteroatoms. The number of aromatic nitrogens is 3. The maximum atomic E-state index is 13.5. The molecule has 0 radical (unpaired) electrons. The monoisotopic (exact) mass is 488 g/mol. The number of rotatable bonds is 9.